The van der Waals surface area contributed by atoms with Gasteiger partial charge in [-0.05, 0) is 56.2 Å². The summed E-state index contributed by atoms with van der Waals surface area (Å²) in [6.45, 7) is 2.40. The van der Waals surface area contributed by atoms with E-state index in [-0.39, 0.29) is 17.7 Å². The third-order valence-electron chi connectivity index (χ3n) is 4.06. The van der Waals surface area contributed by atoms with Crippen LogP contribution >= 0.6 is 0 Å². The molecule has 1 aliphatic rings. The van der Waals surface area contributed by atoms with E-state index >= 15 is 0 Å². The molecule has 3 rings (SSSR count). The molecule has 2 aromatic carbocycles. The van der Waals surface area contributed by atoms with Gasteiger partial charge < -0.3 is 20.1 Å². The Morgan fingerprint density at radius 3 is 2.42 bits per heavy atom. The van der Waals surface area contributed by atoms with Crippen molar-refractivity contribution in [2.45, 2.75) is 19.8 Å². The lowest BCUT2D eigenvalue weighted by Crippen LogP contribution is -2.15. The molecule has 0 aliphatic heterocycles. The van der Waals surface area contributed by atoms with E-state index in [9.17, 15) is 9.59 Å². The van der Waals surface area contributed by atoms with Gasteiger partial charge in [-0.3, -0.25) is 9.59 Å². The molecule has 0 aromatic heterocycles. The van der Waals surface area contributed by atoms with Crippen LogP contribution in [0.25, 0.3) is 0 Å². The van der Waals surface area contributed by atoms with Crippen molar-refractivity contribution in [1.29, 1.82) is 0 Å². The van der Waals surface area contributed by atoms with Crippen LogP contribution in [-0.2, 0) is 4.79 Å². The molecule has 136 valence electrons. The number of hydrogen-bond acceptors (Lipinski definition) is 4. The Morgan fingerprint density at radius 2 is 1.77 bits per heavy atom. The van der Waals surface area contributed by atoms with E-state index < -0.39 is 0 Å². The van der Waals surface area contributed by atoms with Crippen molar-refractivity contribution in [3.05, 3.63) is 48.0 Å². The van der Waals surface area contributed by atoms with E-state index in [1.807, 2.05) is 6.92 Å². The summed E-state index contributed by atoms with van der Waals surface area (Å²) in [5.74, 6) is 0.993. The normalized spacial score (nSPS) is 13.0. The van der Waals surface area contributed by atoms with Crippen molar-refractivity contribution in [3.63, 3.8) is 0 Å². The Labute approximate surface area is 152 Å². The van der Waals surface area contributed by atoms with Gasteiger partial charge in [0.25, 0.3) is 5.91 Å². The number of hydrogen-bond donors (Lipinski definition) is 2. The molecule has 0 atom stereocenters. The predicted molar refractivity (Wildman–Crippen MR) is 99.9 cm³/mol. The monoisotopic (exact) mass is 354 g/mol. The highest BCUT2D eigenvalue weighted by Gasteiger charge is 2.29. The highest BCUT2D eigenvalue weighted by atomic mass is 16.5. The van der Waals surface area contributed by atoms with Gasteiger partial charge in [0, 0.05) is 22.9 Å². The molecule has 0 radical (unpaired) electrons. The summed E-state index contributed by atoms with van der Waals surface area (Å²) in [6, 6.07) is 12.1. The first-order valence-electron chi connectivity index (χ1n) is 8.64. The number of carbonyl (C=O) groups excluding carboxylic acids is 2. The molecule has 2 N–H and O–H groups in total. The SMILES string of the molecule is CCOc1ccc(C(=O)Nc2cccc(NC(=O)C3CC3)c2)cc1OC. The fourth-order valence-electron chi connectivity index (χ4n) is 2.55. The van der Waals surface area contributed by atoms with Crippen molar-refractivity contribution in [2.24, 2.45) is 5.92 Å². The smallest absolute Gasteiger partial charge is 0.255 e. The summed E-state index contributed by atoms with van der Waals surface area (Å²) in [5, 5.41) is 5.70. The Hall–Kier alpha value is -3.02. The molecule has 1 saturated carbocycles. The van der Waals surface area contributed by atoms with Gasteiger partial charge in [-0.25, -0.2) is 0 Å². The summed E-state index contributed by atoms with van der Waals surface area (Å²) >= 11 is 0. The molecule has 26 heavy (non-hydrogen) atoms. The van der Waals surface area contributed by atoms with Crippen LogP contribution in [0.3, 0.4) is 0 Å². The molecular formula is C20H22N2O4. The minimum atomic E-state index is -0.267. The second kappa shape index (κ2) is 7.91. The second-order valence-electron chi connectivity index (χ2n) is 6.10. The molecule has 6 heteroatoms. The Morgan fingerprint density at radius 1 is 1.04 bits per heavy atom. The lowest BCUT2D eigenvalue weighted by atomic mass is 10.1. The lowest BCUT2D eigenvalue weighted by Gasteiger charge is -2.12. The van der Waals surface area contributed by atoms with Crippen molar-refractivity contribution >= 4 is 23.2 Å². The molecule has 1 aliphatic carbocycles. The van der Waals surface area contributed by atoms with E-state index in [1.165, 1.54) is 7.11 Å². The van der Waals surface area contributed by atoms with Crippen LogP contribution in [0.15, 0.2) is 42.5 Å². The number of carbonyl (C=O) groups is 2. The number of ether oxygens (including phenoxy) is 2. The van der Waals surface area contributed by atoms with Crippen molar-refractivity contribution in [3.8, 4) is 11.5 Å². The molecule has 6 nitrogen and oxygen atoms in total. The molecule has 1 fully saturated rings. The Balaban J connectivity index is 1.70. The zero-order chi connectivity index (χ0) is 18.5. The summed E-state index contributed by atoms with van der Waals surface area (Å²) in [4.78, 5) is 24.4. The van der Waals surface area contributed by atoms with Gasteiger partial charge in [-0.15, -0.1) is 0 Å². The van der Waals surface area contributed by atoms with Crippen LogP contribution in [0.2, 0.25) is 0 Å². The first kappa shape index (κ1) is 17.8. The standard InChI is InChI=1S/C20H22N2O4/c1-3-26-17-10-9-14(11-18(17)25-2)20(24)22-16-6-4-5-15(12-16)21-19(23)13-7-8-13/h4-6,9-13H,3,7-8H2,1-2H3,(H,21,23)(H,22,24). The zero-order valence-corrected chi connectivity index (χ0v) is 14.9. The van der Waals surface area contributed by atoms with E-state index in [0.717, 1.165) is 12.8 Å². The number of rotatable bonds is 7. The van der Waals surface area contributed by atoms with Crippen molar-refractivity contribution < 1.29 is 19.1 Å². The Bertz CT molecular complexity index is 815. The van der Waals surface area contributed by atoms with Crippen LogP contribution in [0.5, 0.6) is 11.5 Å². The molecule has 2 amide bonds. The molecule has 0 bridgehead atoms. The third-order valence-corrected chi connectivity index (χ3v) is 4.06. The average molecular weight is 354 g/mol. The zero-order valence-electron chi connectivity index (χ0n) is 14.9. The Kier molecular flexibility index (Phi) is 5.41. The summed E-state index contributed by atoms with van der Waals surface area (Å²) in [5.41, 5.74) is 1.73. The van der Waals surface area contributed by atoms with E-state index in [4.69, 9.17) is 9.47 Å². The van der Waals surface area contributed by atoms with Crippen LogP contribution in [-0.4, -0.2) is 25.5 Å². The van der Waals surface area contributed by atoms with Crippen molar-refractivity contribution in [2.75, 3.05) is 24.4 Å². The molecule has 0 unspecified atom stereocenters. The van der Waals surface area contributed by atoms with Gasteiger partial charge >= 0.3 is 0 Å². The van der Waals surface area contributed by atoms with Crippen molar-refractivity contribution in [1.82, 2.24) is 0 Å². The number of nitrogens with one attached hydrogen (secondary N) is 2. The lowest BCUT2D eigenvalue weighted by molar-refractivity contribution is -0.117. The van der Waals surface area contributed by atoms with Gasteiger partial charge in [-0.1, -0.05) is 6.07 Å². The summed E-state index contributed by atoms with van der Waals surface area (Å²) in [6.07, 6.45) is 1.89. The summed E-state index contributed by atoms with van der Waals surface area (Å²) in [7, 11) is 1.53. The van der Waals surface area contributed by atoms with Crippen LogP contribution in [0, 0.1) is 5.92 Å². The predicted octanol–water partition coefficient (Wildman–Crippen LogP) is 3.69. The maximum Gasteiger partial charge on any atom is 0.255 e. The van der Waals surface area contributed by atoms with Crippen LogP contribution < -0.4 is 20.1 Å². The maximum absolute atomic E-state index is 12.5. The fourth-order valence-corrected chi connectivity index (χ4v) is 2.55. The van der Waals surface area contributed by atoms with E-state index in [1.54, 1.807) is 42.5 Å². The van der Waals surface area contributed by atoms with Gasteiger partial charge in [0.1, 0.15) is 0 Å². The topological polar surface area (TPSA) is 76.7 Å². The minimum absolute atomic E-state index is 0.0322. The summed E-state index contributed by atoms with van der Waals surface area (Å²) < 4.78 is 10.7. The molecule has 0 spiro atoms. The molecule has 0 saturated heterocycles. The average Bonchev–Trinajstić information content (AvgIpc) is 3.47. The molecule has 2 aromatic rings. The highest BCUT2D eigenvalue weighted by molar-refractivity contribution is 6.05. The van der Waals surface area contributed by atoms with Gasteiger partial charge in [-0.2, -0.15) is 0 Å². The molecule has 0 heterocycles. The second-order valence-corrected chi connectivity index (χ2v) is 6.10. The maximum atomic E-state index is 12.5. The first-order chi connectivity index (χ1) is 12.6. The number of benzene rings is 2. The number of amides is 2. The van der Waals surface area contributed by atoms with Gasteiger partial charge in [0.15, 0.2) is 11.5 Å². The quantitative estimate of drug-likeness (QED) is 0.795. The highest BCUT2D eigenvalue weighted by Crippen LogP contribution is 2.31. The van der Waals surface area contributed by atoms with E-state index in [0.29, 0.717) is 35.0 Å². The van der Waals surface area contributed by atoms with E-state index in [2.05, 4.69) is 10.6 Å². The van der Waals surface area contributed by atoms with Crippen LogP contribution in [0.1, 0.15) is 30.1 Å². The van der Waals surface area contributed by atoms with Gasteiger partial charge in [0.2, 0.25) is 5.91 Å². The first-order valence-corrected chi connectivity index (χ1v) is 8.64. The largest absolute Gasteiger partial charge is 0.493 e. The van der Waals surface area contributed by atoms with Gasteiger partial charge in [0.05, 0.1) is 13.7 Å². The number of methoxy groups -OCH3 is 1. The number of anilines is 2. The third kappa shape index (κ3) is 4.33. The minimum Gasteiger partial charge on any atom is -0.493 e. The fraction of sp³-hybridized carbons (Fsp3) is 0.300. The van der Waals surface area contributed by atoms with Crippen LogP contribution in [0.4, 0.5) is 11.4 Å². The molecular weight excluding hydrogens is 332 g/mol.